The number of hydrogen-bond acceptors (Lipinski definition) is 2. The molecule has 0 fully saturated rings. The topological polar surface area (TPSA) is 37.3 Å². The number of benzene rings is 1. The van der Waals surface area contributed by atoms with E-state index in [1.165, 1.54) is 17.4 Å². The quantitative estimate of drug-likeness (QED) is 0.802. The van der Waals surface area contributed by atoms with E-state index in [2.05, 4.69) is 22.6 Å². The van der Waals surface area contributed by atoms with Crippen molar-refractivity contribution in [2.24, 2.45) is 0 Å². The summed E-state index contributed by atoms with van der Waals surface area (Å²) in [4.78, 5) is 10.9. The van der Waals surface area contributed by atoms with Crippen molar-refractivity contribution in [3.8, 4) is 0 Å². The molecule has 1 heterocycles. The zero-order valence-electron chi connectivity index (χ0n) is 6.75. The number of rotatable bonds is 1. The highest BCUT2D eigenvalue weighted by atomic mass is 127. The lowest BCUT2D eigenvalue weighted by atomic mass is 10.2. The minimum Gasteiger partial charge on any atom is -0.478 e. The summed E-state index contributed by atoms with van der Waals surface area (Å²) in [6.07, 6.45) is 0. The van der Waals surface area contributed by atoms with E-state index in [9.17, 15) is 4.79 Å². The van der Waals surface area contributed by atoms with Gasteiger partial charge in [-0.05, 0) is 34.7 Å². The zero-order valence-corrected chi connectivity index (χ0v) is 10.5. The summed E-state index contributed by atoms with van der Waals surface area (Å²) in [6.45, 7) is 0. The zero-order chi connectivity index (χ0) is 10.3. The van der Waals surface area contributed by atoms with Crippen LogP contribution in [0.15, 0.2) is 17.5 Å². The second-order valence-corrected chi connectivity index (χ2v) is 5.20. The molecule has 5 heteroatoms. The van der Waals surface area contributed by atoms with Gasteiger partial charge in [-0.15, -0.1) is 11.3 Å². The Morgan fingerprint density at radius 2 is 2.21 bits per heavy atom. The second kappa shape index (κ2) is 3.67. The minimum atomic E-state index is -0.934. The summed E-state index contributed by atoms with van der Waals surface area (Å²) in [7, 11) is 0. The van der Waals surface area contributed by atoms with Crippen LogP contribution in [0.4, 0.5) is 0 Å². The van der Waals surface area contributed by atoms with Crippen LogP contribution in [0.2, 0.25) is 5.02 Å². The highest BCUT2D eigenvalue weighted by Gasteiger charge is 2.13. The highest BCUT2D eigenvalue weighted by Crippen LogP contribution is 2.32. The van der Waals surface area contributed by atoms with Crippen molar-refractivity contribution in [3.63, 3.8) is 0 Å². The van der Waals surface area contributed by atoms with Crippen molar-refractivity contribution in [2.75, 3.05) is 0 Å². The smallest absolute Gasteiger partial charge is 0.337 e. The minimum absolute atomic E-state index is 0.278. The molecule has 1 aromatic carbocycles. The van der Waals surface area contributed by atoms with Gasteiger partial charge in [-0.3, -0.25) is 0 Å². The molecule has 0 atom stereocenters. The van der Waals surface area contributed by atoms with Gasteiger partial charge in [0.2, 0.25) is 0 Å². The Hall–Kier alpha value is -0.330. The average molecular weight is 339 g/mol. The molecule has 0 unspecified atom stereocenters. The molecule has 0 aliphatic heterocycles. The number of hydrogen-bond donors (Lipinski definition) is 1. The lowest BCUT2D eigenvalue weighted by Crippen LogP contribution is -1.95. The van der Waals surface area contributed by atoms with E-state index in [0.717, 1.165) is 13.7 Å². The molecular formula is C9H4ClIO2S. The van der Waals surface area contributed by atoms with E-state index in [0.29, 0.717) is 5.02 Å². The fraction of sp³-hybridized carbons (Fsp3) is 0. The predicted octanol–water partition coefficient (Wildman–Crippen LogP) is 3.86. The van der Waals surface area contributed by atoms with Gasteiger partial charge in [0, 0.05) is 24.1 Å². The van der Waals surface area contributed by atoms with Crippen LogP contribution >= 0.6 is 45.5 Å². The van der Waals surface area contributed by atoms with E-state index in [-0.39, 0.29) is 5.56 Å². The Morgan fingerprint density at radius 1 is 1.50 bits per heavy atom. The first-order chi connectivity index (χ1) is 6.59. The first kappa shape index (κ1) is 10.2. The Labute approximate surface area is 103 Å². The van der Waals surface area contributed by atoms with Crippen molar-refractivity contribution in [2.45, 2.75) is 0 Å². The first-order valence-corrected chi connectivity index (χ1v) is 6.03. The molecule has 0 saturated carbocycles. The van der Waals surface area contributed by atoms with E-state index in [4.69, 9.17) is 16.7 Å². The fourth-order valence-corrected chi connectivity index (χ4v) is 3.36. The van der Waals surface area contributed by atoms with E-state index in [1.807, 2.05) is 5.38 Å². The maximum Gasteiger partial charge on any atom is 0.337 e. The Balaban J connectivity index is 2.88. The largest absolute Gasteiger partial charge is 0.478 e. The molecule has 2 aromatic rings. The number of carbonyl (C=O) groups is 1. The molecule has 0 amide bonds. The van der Waals surface area contributed by atoms with Crippen molar-refractivity contribution >= 4 is 61.6 Å². The van der Waals surface area contributed by atoms with Gasteiger partial charge in [-0.1, -0.05) is 11.6 Å². The molecule has 0 aliphatic rings. The van der Waals surface area contributed by atoms with Gasteiger partial charge in [-0.2, -0.15) is 0 Å². The average Bonchev–Trinajstić information content (AvgIpc) is 2.47. The lowest BCUT2D eigenvalue weighted by Gasteiger charge is -1.98. The molecule has 2 nitrogen and oxygen atoms in total. The van der Waals surface area contributed by atoms with E-state index >= 15 is 0 Å². The molecule has 0 radical (unpaired) electrons. The lowest BCUT2D eigenvalue weighted by molar-refractivity contribution is 0.0699. The van der Waals surface area contributed by atoms with Gasteiger partial charge in [-0.25, -0.2) is 4.79 Å². The second-order valence-electron chi connectivity index (χ2n) is 2.72. The van der Waals surface area contributed by atoms with Crippen molar-refractivity contribution in [1.29, 1.82) is 0 Å². The molecule has 1 aromatic heterocycles. The number of fused-ring (bicyclic) bond motifs is 1. The molecule has 0 saturated heterocycles. The molecule has 72 valence electrons. The van der Waals surface area contributed by atoms with E-state index in [1.54, 1.807) is 6.07 Å². The Kier molecular flexibility index (Phi) is 2.68. The van der Waals surface area contributed by atoms with E-state index < -0.39 is 5.97 Å². The maximum atomic E-state index is 10.9. The third kappa shape index (κ3) is 1.62. The molecule has 0 spiro atoms. The fourth-order valence-electron chi connectivity index (χ4n) is 1.23. The Morgan fingerprint density at radius 3 is 2.86 bits per heavy atom. The van der Waals surface area contributed by atoms with Crippen LogP contribution in [0, 0.1) is 3.57 Å². The van der Waals surface area contributed by atoms with Crippen LogP contribution in [0.1, 0.15) is 10.4 Å². The van der Waals surface area contributed by atoms with Gasteiger partial charge < -0.3 is 5.11 Å². The highest BCUT2D eigenvalue weighted by molar-refractivity contribution is 14.1. The van der Waals surface area contributed by atoms with Gasteiger partial charge in [0.1, 0.15) is 0 Å². The molecule has 1 N–H and O–H groups in total. The standard InChI is InChI=1S/C9H4ClIO2S/c10-4-1-5-7(11)3-14-8(5)6(2-4)9(12)13/h1-3H,(H,12,13). The molecular weight excluding hydrogens is 335 g/mol. The van der Waals surface area contributed by atoms with Crippen LogP contribution in [0.5, 0.6) is 0 Å². The first-order valence-electron chi connectivity index (χ1n) is 3.69. The number of aromatic carboxylic acids is 1. The summed E-state index contributed by atoms with van der Waals surface area (Å²) in [5.41, 5.74) is 0.278. The molecule has 14 heavy (non-hydrogen) atoms. The van der Waals surface area contributed by atoms with Crippen LogP contribution < -0.4 is 0 Å². The van der Waals surface area contributed by atoms with Crippen molar-refractivity contribution in [1.82, 2.24) is 0 Å². The van der Waals surface area contributed by atoms with Crippen LogP contribution in [-0.2, 0) is 0 Å². The SMILES string of the molecule is O=C(O)c1cc(Cl)cc2c(I)csc12. The van der Waals surface area contributed by atoms with Gasteiger partial charge in [0.05, 0.1) is 5.56 Å². The summed E-state index contributed by atoms with van der Waals surface area (Å²) in [5, 5.41) is 12.3. The summed E-state index contributed by atoms with van der Waals surface area (Å²) >= 11 is 9.43. The maximum absolute atomic E-state index is 10.9. The molecule has 0 aliphatic carbocycles. The summed E-state index contributed by atoms with van der Waals surface area (Å²) in [6, 6.07) is 3.28. The number of carboxylic acids is 1. The van der Waals surface area contributed by atoms with Gasteiger partial charge in [0.15, 0.2) is 0 Å². The third-order valence-corrected chi connectivity index (χ3v) is 4.38. The monoisotopic (exact) mass is 338 g/mol. The normalized spacial score (nSPS) is 10.7. The summed E-state index contributed by atoms with van der Waals surface area (Å²) < 4.78 is 1.82. The van der Waals surface area contributed by atoms with Crippen LogP contribution in [0.25, 0.3) is 10.1 Å². The third-order valence-electron chi connectivity index (χ3n) is 1.82. The number of carboxylic acid groups (broad SMARTS) is 1. The van der Waals surface area contributed by atoms with Crippen LogP contribution in [-0.4, -0.2) is 11.1 Å². The van der Waals surface area contributed by atoms with Gasteiger partial charge in [0.25, 0.3) is 0 Å². The number of thiophene rings is 1. The predicted molar refractivity (Wildman–Crippen MR) is 66.5 cm³/mol. The van der Waals surface area contributed by atoms with Crippen molar-refractivity contribution in [3.05, 3.63) is 31.7 Å². The summed E-state index contributed by atoms with van der Waals surface area (Å²) in [5.74, 6) is -0.934. The number of halogens is 2. The molecule has 0 bridgehead atoms. The van der Waals surface area contributed by atoms with Crippen molar-refractivity contribution < 1.29 is 9.90 Å². The Bertz CT molecular complexity index is 521. The van der Waals surface area contributed by atoms with Gasteiger partial charge >= 0.3 is 5.97 Å². The van der Waals surface area contributed by atoms with Crippen LogP contribution in [0.3, 0.4) is 0 Å². The molecule has 2 rings (SSSR count).